The number of amides is 2. The second-order valence-electron chi connectivity index (χ2n) is 6.54. The van der Waals surface area contributed by atoms with Crippen LogP contribution in [0, 0.1) is 6.92 Å². The summed E-state index contributed by atoms with van der Waals surface area (Å²) in [7, 11) is 3.47. The number of ether oxygens (including phenoxy) is 1. The number of aryl methyl sites for hydroxylation is 2. The van der Waals surface area contributed by atoms with Crippen molar-refractivity contribution in [1.29, 1.82) is 0 Å². The number of rotatable bonds is 2. The molecule has 0 unspecified atom stereocenters. The Labute approximate surface area is 141 Å². The van der Waals surface area contributed by atoms with Crippen molar-refractivity contribution >= 4 is 22.7 Å². The van der Waals surface area contributed by atoms with Gasteiger partial charge in [-0.15, -0.1) is 0 Å². The summed E-state index contributed by atoms with van der Waals surface area (Å²) in [5.41, 5.74) is 1.79. The van der Waals surface area contributed by atoms with Crippen molar-refractivity contribution in [1.82, 2.24) is 14.8 Å². The average Bonchev–Trinajstić information content (AvgIpc) is 2.89. The molecule has 1 aliphatic heterocycles. The predicted molar refractivity (Wildman–Crippen MR) is 92.0 cm³/mol. The van der Waals surface area contributed by atoms with E-state index < -0.39 is 5.60 Å². The smallest absolute Gasteiger partial charge is 0.270 e. The fraction of sp³-hybridized carbons (Fsp3) is 0.444. The van der Waals surface area contributed by atoms with E-state index in [0.717, 1.165) is 16.5 Å². The van der Waals surface area contributed by atoms with Crippen LogP contribution >= 0.6 is 0 Å². The summed E-state index contributed by atoms with van der Waals surface area (Å²) >= 11 is 0. The van der Waals surface area contributed by atoms with Gasteiger partial charge < -0.3 is 19.5 Å². The third kappa shape index (κ3) is 2.67. The molecule has 128 valence electrons. The molecule has 1 aliphatic rings. The van der Waals surface area contributed by atoms with Gasteiger partial charge in [0.25, 0.3) is 11.8 Å². The van der Waals surface area contributed by atoms with E-state index in [4.69, 9.17) is 4.74 Å². The van der Waals surface area contributed by atoms with Crippen molar-refractivity contribution in [2.45, 2.75) is 19.4 Å². The van der Waals surface area contributed by atoms with Crippen molar-refractivity contribution in [3.05, 3.63) is 35.5 Å². The highest BCUT2D eigenvalue weighted by atomic mass is 16.5. The first kappa shape index (κ1) is 16.5. The van der Waals surface area contributed by atoms with Crippen LogP contribution in [0.4, 0.5) is 0 Å². The molecule has 2 aromatic rings. The van der Waals surface area contributed by atoms with Gasteiger partial charge in [-0.1, -0.05) is 11.6 Å². The van der Waals surface area contributed by atoms with Crippen LogP contribution in [0.2, 0.25) is 0 Å². The average molecular weight is 329 g/mol. The van der Waals surface area contributed by atoms with Gasteiger partial charge in [-0.2, -0.15) is 0 Å². The topological polar surface area (TPSA) is 63.6 Å². The molecule has 0 radical (unpaired) electrons. The van der Waals surface area contributed by atoms with Crippen molar-refractivity contribution in [3.63, 3.8) is 0 Å². The highest BCUT2D eigenvalue weighted by molar-refractivity contribution is 5.99. The number of carbonyl (C=O) groups is 2. The first-order valence-electron chi connectivity index (χ1n) is 8.07. The lowest BCUT2D eigenvalue weighted by Gasteiger charge is -2.39. The Kier molecular flexibility index (Phi) is 4.09. The molecule has 0 spiro atoms. The zero-order valence-corrected chi connectivity index (χ0v) is 14.5. The number of hydrogen-bond acceptors (Lipinski definition) is 3. The number of carbonyl (C=O) groups excluding carboxylic acids is 2. The minimum atomic E-state index is -1.01. The molecule has 6 heteroatoms. The van der Waals surface area contributed by atoms with Crippen LogP contribution in [0.15, 0.2) is 24.3 Å². The SMILES string of the molecule is CNC(=O)[C@@]1(C)CN(C(=O)c2cc3cc(C)ccc3n2C)CCO1. The predicted octanol–water partition coefficient (Wildman–Crippen LogP) is 1.46. The van der Waals surface area contributed by atoms with Gasteiger partial charge in [0.1, 0.15) is 5.69 Å². The highest BCUT2D eigenvalue weighted by Gasteiger charge is 2.40. The maximum Gasteiger partial charge on any atom is 0.270 e. The summed E-state index contributed by atoms with van der Waals surface area (Å²) in [4.78, 5) is 26.7. The van der Waals surface area contributed by atoms with Crippen LogP contribution in [0.1, 0.15) is 23.0 Å². The zero-order valence-electron chi connectivity index (χ0n) is 14.5. The summed E-state index contributed by atoms with van der Waals surface area (Å²) in [5.74, 6) is -0.294. The number of morpholine rings is 1. The molecule has 1 N–H and O–H groups in total. The Morgan fingerprint density at radius 1 is 1.29 bits per heavy atom. The van der Waals surface area contributed by atoms with Gasteiger partial charge >= 0.3 is 0 Å². The summed E-state index contributed by atoms with van der Waals surface area (Å²) in [5, 5.41) is 3.65. The Morgan fingerprint density at radius 2 is 2.04 bits per heavy atom. The largest absolute Gasteiger partial charge is 0.362 e. The third-order valence-corrected chi connectivity index (χ3v) is 4.69. The van der Waals surface area contributed by atoms with Crippen molar-refractivity contribution in [3.8, 4) is 0 Å². The lowest BCUT2D eigenvalue weighted by molar-refractivity contribution is -0.153. The molecule has 1 saturated heterocycles. The second-order valence-corrected chi connectivity index (χ2v) is 6.54. The third-order valence-electron chi connectivity index (χ3n) is 4.69. The van der Waals surface area contributed by atoms with Crippen molar-refractivity contribution in [2.24, 2.45) is 7.05 Å². The number of hydrogen-bond donors (Lipinski definition) is 1. The van der Waals surface area contributed by atoms with E-state index in [1.807, 2.05) is 36.7 Å². The first-order valence-corrected chi connectivity index (χ1v) is 8.07. The fourth-order valence-corrected chi connectivity index (χ4v) is 3.28. The Balaban J connectivity index is 1.91. The van der Waals surface area contributed by atoms with Crippen molar-refractivity contribution in [2.75, 3.05) is 26.7 Å². The van der Waals surface area contributed by atoms with E-state index in [9.17, 15) is 9.59 Å². The van der Waals surface area contributed by atoms with Gasteiger partial charge in [-0.3, -0.25) is 9.59 Å². The van der Waals surface area contributed by atoms with Gasteiger partial charge in [-0.25, -0.2) is 0 Å². The van der Waals surface area contributed by atoms with Crippen LogP contribution in [0.25, 0.3) is 10.9 Å². The minimum Gasteiger partial charge on any atom is -0.362 e. The van der Waals surface area contributed by atoms with Crippen LogP contribution in [0.3, 0.4) is 0 Å². The van der Waals surface area contributed by atoms with Crippen LogP contribution in [0.5, 0.6) is 0 Å². The Morgan fingerprint density at radius 3 is 2.75 bits per heavy atom. The molecule has 1 fully saturated rings. The quantitative estimate of drug-likeness (QED) is 0.907. The number of likely N-dealkylation sites (N-methyl/N-ethyl adjacent to an activating group) is 1. The van der Waals surface area contributed by atoms with E-state index in [1.165, 1.54) is 0 Å². The molecule has 2 heterocycles. The zero-order chi connectivity index (χ0) is 17.5. The van der Waals surface area contributed by atoms with Gasteiger partial charge in [0.15, 0.2) is 5.60 Å². The molecule has 1 aromatic heterocycles. The lowest BCUT2D eigenvalue weighted by Crippen LogP contribution is -2.59. The standard InChI is InChI=1S/C18H23N3O3/c1-12-5-6-14-13(9-12)10-15(20(14)4)16(22)21-7-8-24-18(2,11-21)17(23)19-3/h5-6,9-10H,7-8,11H2,1-4H3,(H,19,23)/t18-/m1/s1. The maximum atomic E-state index is 13.0. The Hall–Kier alpha value is -2.34. The van der Waals surface area contributed by atoms with E-state index in [-0.39, 0.29) is 18.4 Å². The number of aromatic nitrogens is 1. The molecular formula is C18H23N3O3. The maximum absolute atomic E-state index is 13.0. The van der Waals surface area contributed by atoms with Gasteiger partial charge in [0, 0.05) is 31.5 Å². The monoisotopic (exact) mass is 329 g/mol. The number of nitrogens with one attached hydrogen (secondary N) is 1. The lowest BCUT2D eigenvalue weighted by atomic mass is 10.0. The van der Waals surface area contributed by atoms with E-state index in [2.05, 4.69) is 11.4 Å². The molecule has 1 atom stereocenters. The van der Waals surface area contributed by atoms with E-state index >= 15 is 0 Å². The van der Waals surface area contributed by atoms with Crippen LogP contribution in [-0.4, -0.2) is 53.6 Å². The first-order chi connectivity index (χ1) is 11.4. The van der Waals surface area contributed by atoms with Crippen LogP contribution in [-0.2, 0) is 16.6 Å². The molecule has 6 nitrogen and oxygen atoms in total. The number of benzene rings is 1. The van der Waals surface area contributed by atoms with Gasteiger partial charge in [0.2, 0.25) is 0 Å². The summed E-state index contributed by atoms with van der Waals surface area (Å²) < 4.78 is 7.53. The second kappa shape index (κ2) is 5.94. The molecule has 24 heavy (non-hydrogen) atoms. The molecule has 1 aromatic carbocycles. The summed E-state index contributed by atoms with van der Waals surface area (Å²) in [6.45, 7) is 4.82. The van der Waals surface area contributed by atoms with Gasteiger partial charge in [-0.05, 0) is 32.0 Å². The number of nitrogens with zero attached hydrogens (tertiary/aromatic N) is 2. The Bertz CT molecular complexity index is 811. The van der Waals surface area contributed by atoms with Gasteiger partial charge in [0.05, 0.1) is 13.2 Å². The molecule has 0 bridgehead atoms. The van der Waals surface area contributed by atoms with E-state index in [1.54, 1.807) is 18.9 Å². The number of fused-ring (bicyclic) bond motifs is 1. The van der Waals surface area contributed by atoms with E-state index in [0.29, 0.717) is 18.8 Å². The van der Waals surface area contributed by atoms with Crippen LogP contribution < -0.4 is 5.32 Å². The molecule has 0 aliphatic carbocycles. The summed E-state index contributed by atoms with van der Waals surface area (Å²) in [6, 6.07) is 8.04. The fourth-order valence-electron chi connectivity index (χ4n) is 3.28. The normalized spacial score (nSPS) is 21.1. The highest BCUT2D eigenvalue weighted by Crippen LogP contribution is 2.24. The molecule has 3 rings (SSSR count). The molecule has 0 saturated carbocycles. The minimum absolute atomic E-state index is 0.0789. The summed E-state index contributed by atoms with van der Waals surface area (Å²) in [6.07, 6.45) is 0. The van der Waals surface area contributed by atoms with Crippen molar-refractivity contribution < 1.29 is 14.3 Å². The molecule has 2 amide bonds. The molecular weight excluding hydrogens is 306 g/mol.